The van der Waals surface area contributed by atoms with Gasteiger partial charge in [0, 0.05) is 6.54 Å². The van der Waals surface area contributed by atoms with Crippen LogP contribution in [0.5, 0.6) is 0 Å². The van der Waals surface area contributed by atoms with Crippen LogP contribution in [0.4, 0.5) is 17.2 Å². The Morgan fingerprint density at radius 3 is 2.96 bits per heavy atom. The lowest BCUT2D eigenvalue weighted by atomic mass is 10.1. The number of benzene rings is 1. The maximum Gasteiger partial charge on any atom is 0.232 e. The number of nitrogens with one attached hydrogen (secondary N) is 2. The number of anilines is 3. The lowest BCUT2D eigenvalue weighted by Gasteiger charge is -2.20. The predicted molar refractivity (Wildman–Crippen MR) is 92.3 cm³/mol. The van der Waals surface area contributed by atoms with Gasteiger partial charge in [0.15, 0.2) is 17.0 Å². The first-order valence-electron chi connectivity index (χ1n) is 7.17. The highest BCUT2D eigenvalue weighted by atomic mass is 35.5. The van der Waals surface area contributed by atoms with Gasteiger partial charge in [-0.15, -0.1) is 0 Å². The smallest absolute Gasteiger partial charge is 0.232 e. The second-order valence-corrected chi connectivity index (χ2v) is 7.71. The Hall–Kier alpha value is -2.39. The van der Waals surface area contributed by atoms with Crippen molar-refractivity contribution in [1.82, 2.24) is 19.9 Å². The number of rotatable bonds is 3. The van der Waals surface area contributed by atoms with Crippen molar-refractivity contribution >= 4 is 50.0 Å². The maximum absolute atomic E-state index is 12.1. The van der Waals surface area contributed by atoms with Gasteiger partial charge in [0.25, 0.3) is 0 Å². The summed E-state index contributed by atoms with van der Waals surface area (Å²) in [5, 5.41) is 3.22. The minimum atomic E-state index is -3.36. The average Bonchev–Trinajstić information content (AvgIpc) is 3.12. The van der Waals surface area contributed by atoms with Gasteiger partial charge in [-0.2, -0.15) is 9.97 Å². The number of H-pyrrole nitrogens is 1. The molecule has 0 unspecified atom stereocenters. The minimum Gasteiger partial charge on any atom is -0.336 e. The molecule has 2 N–H and O–H groups in total. The monoisotopic (exact) mass is 364 g/mol. The van der Waals surface area contributed by atoms with E-state index in [1.54, 1.807) is 6.07 Å². The van der Waals surface area contributed by atoms with E-state index in [1.165, 1.54) is 16.9 Å². The van der Waals surface area contributed by atoms with Gasteiger partial charge in [-0.1, -0.05) is 12.1 Å². The van der Waals surface area contributed by atoms with Crippen LogP contribution >= 0.6 is 11.6 Å². The molecule has 1 aliphatic rings. The molecule has 124 valence electrons. The van der Waals surface area contributed by atoms with Crippen LogP contribution < -0.4 is 9.62 Å². The number of aromatic nitrogens is 4. The zero-order valence-corrected chi connectivity index (χ0v) is 14.2. The van der Waals surface area contributed by atoms with Crippen molar-refractivity contribution in [2.45, 2.75) is 6.42 Å². The van der Waals surface area contributed by atoms with Crippen LogP contribution in [0.25, 0.3) is 11.2 Å². The molecular formula is C14H13ClN6O2S. The molecule has 0 fully saturated rings. The van der Waals surface area contributed by atoms with E-state index in [-0.39, 0.29) is 5.28 Å². The number of hydrogen-bond donors (Lipinski definition) is 2. The number of sulfonamides is 1. The molecule has 0 radical (unpaired) electrons. The number of halogens is 1. The van der Waals surface area contributed by atoms with E-state index in [0.29, 0.717) is 41.3 Å². The zero-order valence-electron chi connectivity index (χ0n) is 12.6. The van der Waals surface area contributed by atoms with E-state index in [2.05, 4.69) is 25.3 Å². The highest BCUT2D eigenvalue weighted by Gasteiger charge is 2.29. The summed E-state index contributed by atoms with van der Waals surface area (Å²) >= 11 is 5.95. The Kier molecular flexibility index (Phi) is 3.36. The highest BCUT2D eigenvalue weighted by molar-refractivity contribution is 7.92. The van der Waals surface area contributed by atoms with Crippen LogP contribution in [0.3, 0.4) is 0 Å². The second kappa shape index (κ2) is 5.32. The van der Waals surface area contributed by atoms with Crippen molar-refractivity contribution < 1.29 is 8.42 Å². The SMILES string of the molecule is CS(=O)(=O)N1CCc2cccc(Nc3nc(Cl)nc4[nH]cnc34)c21. The zero-order chi connectivity index (χ0) is 16.9. The Labute approximate surface area is 143 Å². The van der Waals surface area contributed by atoms with E-state index in [0.717, 1.165) is 5.56 Å². The van der Waals surface area contributed by atoms with Crippen molar-refractivity contribution in [3.05, 3.63) is 35.4 Å². The van der Waals surface area contributed by atoms with Crippen LogP contribution in [0.2, 0.25) is 5.28 Å². The predicted octanol–water partition coefficient (Wildman–Crippen LogP) is 2.07. The van der Waals surface area contributed by atoms with Crippen molar-refractivity contribution in [2.75, 3.05) is 22.4 Å². The Balaban J connectivity index is 1.84. The van der Waals surface area contributed by atoms with Crippen LogP contribution in [0.15, 0.2) is 24.5 Å². The van der Waals surface area contributed by atoms with E-state index in [4.69, 9.17) is 11.6 Å². The molecule has 1 aromatic carbocycles. The third-order valence-corrected chi connectivity index (χ3v) is 5.19. The van der Waals surface area contributed by atoms with Crippen LogP contribution in [-0.4, -0.2) is 41.2 Å². The number of hydrogen-bond acceptors (Lipinski definition) is 6. The van der Waals surface area contributed by atoms with Gasteiger partial charge in [-0.3, -0.25) is 4.31 Å². The molecule has 2 aromatic heterocycles. The van der Waals surface area contributed by atoms with E-state index in [9.17, 15) is 8.42 Å². The summed E-state index contributed by atoms with van der Waals surface area (Å²) in [4.78, 5) is 15.3. The van der Waals surface area contributed by atoms with E-state index >= 15 is 0 Å². The van der Waals surface area contributed by atoms with Crippen LogP contribution in [-0.2, 0) is 16.4 Å². The topological polar surface area (TPSA) is 104 Å². The van der Waals surface area contributed by atoms with Gasteiger partial charge in [-0.25, -0.2) is 13.4 Å². The molecule has 8 nitrogen and oxygen atoms in total. The molecule has 0 aliphatic carbocycles. The molecule has 0 amide bonds. The van der Waals surface area contributed by atoms with E-state index < -0.39 is 10.0 Å². The number of imidazole rings is 1. The Morgan fingerprint density at radius 1 is 1.33 bits per heavy atom. The fourth-order valence-electron chi connectivity index (χ4n) is 2.88. The van der Waals surface area contributed by atoms with Gasteiger partial charge in [0.2, 0.25) is 15.3 Å². The maximum atomic E-state index is 12.1. The molecule has 24 heavy (non-hydrogen) atoms. The minimum absolute atomic E-state index is 0.0711. The largest absolute Gasteiger partial charge is 0.336 e. The lowest BCUT2D eigenvalue weighted by Crippen LogP contribution is -2.28. The Bertz CT molecular complexity index is 1050. The summed E-state index contributed by atoms with van der Waals surface area (Å²) < 4.78 is 25.5. The molecule has 1 aliphatic heterocycles. The number of para-hydroxylation sites is 1. The molecule has 4 rings (SSSR count). The fraction of sp³-hybridized carbons (Fsp3) is 0.214. The van der Waals surface area contributed by atoms with Gasteiger partial charge in [-0.05, 0) is 29.7 Å². The molecule has 0 spiro atoms. The summed E-state index contributed by atoms with van der Waals surface area (Å²) in [6.07, 6.45) is 3.37. The summed E-state index contributed by atoms with van der Waals surface area (Å²) in [7, 11) is -3.36. The van der Waals surface area contributed by atoms with Crippen molar-refractivity contribution in [3.8, 4) is 0 Å². The second-order valence-electron chi connectivity index (χ2n) is 5.46. The molecule has 0 saturated carbocycles. The summed E-state index contributed by atoms with van der Waals surface area (Å²) in [5.74, 6) is 0.417. The van der Waals surface area contributed by atoms with Crippen molar-refractivity contribution in [1.29, 1.82) is 0 Å². The Morgan fingerprint density at radius 2 is 2.17 bits per heavy atom. The quantitative estimate of drug-likeness (QED) is 0.689. The standard InChI is InChI=1S/C14H13ClN6O2S/c1-24(22,23)21-6-5-8-3-2-4-9(11(8)21)18-13-10-12(17-7-16-10)19-14(15)20-13/h2-4,7H,5-6H2,1H3,(H2,16,17,18,19,20). The first-order chi connectivity index (χ1) is 11.4. The summed E-state index contributed by atoms with van der Waals surface area (Å²) in [6.45, 7) is 0.426. The van der Waals surface area contributed by atoms with Crippen LogP contribution in [0.1, 0.15) is 5.56 Å². The first kappa shape index (κ1) is 15.2. The fourth-order valence-corrected chi connectivity index (χ4v) is 4.02. The van der Waals surface area contributed by atoms with Gasteiger partial charge in [0.05, 0.1) is 24.0 Å². The normalized spacial score (nSPS) is 14.2. The summed E-state index contributed by atoms with van der Waals surface area (Å²) in [6, 6.07) is 5.59. The molecule has 10 heteroatoms. The van der Waals surface area contributed by atoms with Crippen molar-refractivity contribution in [3.63, 3.8) is 0 Å². The van der Waals surface area contributed by atoms with Gasteiger partial charge < -0.3 is 10.3 Å². The van der Waals surface area contributed by atoms with Gasteiger partial charge >= 0.3 is 0 Å². The molecule has 3 aromatic rings. The average molecular weight is 365 g/mol. The molecule has 0 saturated heterocycles. The third-order valence-electron chi connectivity index (χ3n) is 3.86. The first-order valence-corrected chi connectivity index (χ1v) is 9.39. The lowest BCUT2D eigenvalue weighted by molar-refractivity contribution is 0.598. The number of nitrogens with zero attached hydrogens (tertiary/aromatic N) is 4. The van der Waals surface area contributed by atoms with Gasteiger partial charge in [0.1, 0.15) is 0 Å². The number of aromatic amines is 1. The third kappa shape index (κ3) is 2.45. The molecule has 0 bridgehead atoms. The molecular weight excluding hydrogens is 352 g/mol. The van der Waals surface area contributed by atoms with E-state index in [1.807, 2.05) is 12.1 Å². The molecule has 3 heterocycles. The highest BCUT2D eigenvalue weighted by Crippen LogP contribution is 2.38. The molecule has 0 atom stereocenters. The van der Waals surface area contributed by atoms with Crippen molar-refractivity contribution in [2.24, 2.45) is 0 Å². The summed E-state index contributed by atoms with van der Waals surface area (Å²) in [5.41, 5.74) is 3.27. The number of fused-ring (bicyclic) bond motifs is 2. The van der Waals surface area contributed by atoms with Crippen LogP contribution in [0, 0.1) is 0 Å².